The molecule has 0 saturated heterocycles. The molecule has 1 aromatic rings. The highest BCUT2D eigenvalue weighted by Crippen LogP contribution is 2.25. The van der Waals surface area contributed by atoms with E-state index in [1.54, 1.807) is 6.26 Å². The summed E-state index contributed by atoms with van der Waals surface area (Å²) in [6.07, 6.45) is 1.66. The Bertz CT molecular complexity index is 452. The highest BCUT2D eigenvalue weighted by Gasteiger charge is 2.15. The van der Waals surface area contributed by atoms with E-state index in [2.05, 4.69) is 10.3 Å². The molecule has 0 fully saturated rings. The summed E-state index contributed by atoms with van der Waals surface area (Å²) >= 11 is 18.1. The van der Waals surface area contributed by atoms with Crippen LogP contribution in [0.15, 0.2) is 6.07 Å². The molecule has 0 saturated carbocycles. The minimum absolute atomic E-state index is 0.00661. The fraction of sp³-hybridized carbons (Fsp3) is 0.125. The van der Waals surface area contributed by atoms with Crippen molar-refractivity contribution in [2.75, 3.05) is 6.26 Å². The van der Waals surface area contributed by atoms with Gasteiger partial charge in [0.05, 0.1) is 10.6 Å². The van der Waals surface area contributed by atoms with Crippen molar-refractivity contribution < 1.29 is 4.79 Å². The molecule has 0 spiro atoms. The summed E-state index contributed by atoms with van der Waals surface area (Å²) in [7, 11) is 0. The van der Waals surface area contributed by atoms with Gasteiger partial charge in [-0.3, -0.25) is 10.2 Å². The number of amidine groups is 1. The van der Waals surface area contributed by atoms with Crippen LogP contribution in [0.2, 0.25) is 15.3 Å². The molecule has 0 radical (unpaired) electrons. The first-order valence-electron chi connectivity index (χ1n) is 3.91. The van der Waals surface area contributed by atoms with Crippen LogP contribution in [0.25, 0.3) is 0 Å². The van der Waals surface area contributed by atoms with Crippen LogP contribution >= 0.6 is 46.6 Å². The first-order valence-corrected chi connectivity index (χ1v) is 6.27. The minimum atomic E-state index is -0.546. The highest BCUT2D eigenvalue weighted by molar-refractivity contribution is 8.13. The molecular formula is C8H6Cl3N3OS. The molecule has 16 heavy (non-hydrogen) atoms. The van der Waals surface area contributed by atoms with E-state index in [1.807, 2.05) is 0 Å². The third-order valence-electron chi connectivity index (χ3n) is 1.56. The first-order chi connectivity index (χ1) is 7.45. The van der Waals surface area contributed by atoms with E-state index in [0.717, 1.165) is 11.8 Å². The van der Waals surface area contributed by atoms with Gasteiger partial charge in [-0.05, 0) is 12.3 Å². The number of hydrogen-bond donors (Lipinski definition) is 2. The first kappa shape index (κ1) is 13.6. The summed E-state index contributed by atoms with van der Waals surface area (Å²) in [6, 6.07) is 1.31. The van der Waals surface area contributed by atoms with Crippen LogP contribution < -0.4 is 5.32 Å². The van der Waals surface area contributed by atoms with E-state index >= 15 is 0 Å². The van der Waals surface area contributed by atoms with Gasteiger partial charge in [0.25, 0.3) is 5.91 Å². The Balaban J connectivity index is 3.00. The quantitative estimate of drug-likeness (QED) is 0.476. The Morgan fingerprint density at radius 2 is 2.06 bits per heavy atom. The van der Waals surface area contributed by atoms with Crippen LogP contribution in [0.1, 0.15) is 10.4 Å². The lowest BCUT2D eigenvalue weighted by Gasteiger charge is -2.06. The number of hydrogen-bond acceptors (Lipinski definition) is 4. The summed E-state index contributed by atoms with van der Waals surface area (Å²) in [6.45, 7) is 0. The van der Waals surface area contributed by atoms with Gasteiger partial charge in [0.2, 0.25) is 0 Å². The summed E-state index contributed by atoms with van der Waals surface area (Å²) in [5.41, 5.74) is 0.0786. The third kappa shape index (κ3) is 3.25. The van der Waals surface area contributed by atoms with Crippen LogP contribution in [-0.2, 0) is 0 Å². The second kappa shape index (κ2) is 5.72. The fourth-order valence-electron chi connectivity index (χ4n) is 0.826. The molecule has 2 N–H and O–H groups in total. The van der Waals surface area contributed by atoms with Crippen LogP contribution in [-0.4, -0.2) is 22.3 Å². The Hall–Kier alpha value is -0.490. The van der Waals surface area contributed by atoms with Crippen molar-refractivity contribution in [2.45, 2.75) is 0 Å². The number of carbonyl (C=O) groups excluding carboxylic acids is 1. The second-order valence-electron chi connectivity index (χ2n) is 2.59. The Morgan fingerprint density at radius 1 is 1.44 bits per heavy atom. The van der Waals surface area contributed by atoms with E-state index in [4.69, 9.17) is 40.2 Å². The Morgan fingerprint density at radius 3 is 2.62 bits per heavy atom. The number of amides is 1. The molecular weight excluding hydrogens is 293 g/mol. The van der Waals surface area contributed by atoms with Gasteiger partial charge < -0.3 is 5.32 Å². The predicted octanol–water partition coefficient (Wildman–Crippen LogP) is 3.07. The molecule has 0 aliphatic rings. The van der Waals surface area contributed by atoms with Crippen molar-refractivity contribution in [1.29, 1.82) is 5.41 Å². The molecule has 0 unspecified atom stereocenters. The number of thioether (sulfide) groups is 1. The molecule has 0 aliphatic heterocycles. The lowest BCUT2D eigenvalue weighted by atomic mass is 10.3. The van der Waals surface area contributed by atoms with Crippen LogP contribution in [0.5, 0.6) is 0 Å². The zero-order chi connectivity index (χ0) is 12.3. The molecule has 0 aliphatic carbocycles. The Kier molecular flexibility index (Phi) is 4.86. The largest absolute Gasteiger partial charge is 0.301 e. The zero-order valence-electron chi connectivity index (χ0n) is 7.97. The lowest BCUT2D eigenvalue weighted by Crippen LogP contribution is -2.27. The van der Waals surface area contributed by atoms with Gasteiger partial charge >= 0.3 is 0 Å². The molecule has 0 bridgehead atoms. The van der Waals surface area contributed by atoms with Gasteiger partial charge in [0, 0.05) is 0 Å². The number of aromatic nitrogens is 1. The number of nitrogens with zero attached hydrogens (tertiary/aromatic N) is 1. The normalized spacial score (nSPS) is 10.0. The van der Waals surface area contributed by atoms with Gasteiger partial charge in [-0.2, -0.15) is 0 Å². The highest BCUT2D eigenvalue weighted by atomic mass is 35.5. The molecule has 1 amide bonds. The second-order valence-corrected chi connectivity index (χ2v) is 4.53. The maximum absolute atomic E-state index is 11.6. The minimum Gasteiger partial charge on any atom is -0.301 e. The van der Waals surface area contributed by atoms with Crippen molar-refractivity contribution in [2.24, 2.45) is 0 Å². The summed E-state index contributed by atoms with van der Waals surface area (Å²) < 4.78 is 0. The van der Waals surface area contributed by atoms with Gasteiger partial charge in [-0.1, -0.05) is 46.6 Å². The van der Waals surface area contributed by atoms with Crippen molar-refractivity contribution in [3.63, 3.8) is 0 Å². The fourth-order valence-corrected chi connectivity index (χ4v) is 1.58. The van der Waals surface area contributed by atoms with Crippen LogP contribution in [0, 0.1) is 5.41 Å². The molecule has 8 heteroatoms. The van der Waals surface area contributed by atoms with E-state index in [1.165, 1.54) is 6.07 Å². The van der Waals surface area contributed by atoms with E-state index in [9.17, 15) is 4.79 Å². The van der Waals surface area contributed by atoms with Gasteiger partial charge in [0.15, 0.2) is 5.17 Å². The van der Waals surface area contributed by atoms with Gasteiger partial charge in [0.1, 0.15) is 10.3 Å². The van der Waals surface area contributed by atoms with Crippen LogP contribution in [0.3, 0.4) is 0 Å². The SMILES string of the molecule is CSC(=N)NC(=O)c1cc(Cl)c(Cl)nc1Cl. The maximum Gasteiger partial charge on any atom is 0.260 e. The van der Waals surface area contributed by atoms with E-state index in [-0.39, 0.29) is 26.1 Å². The van der Waals surface area contributed by atoms with E-state index < -0.39 is 5.91 Å². The summed E-state index contributed by atoms with van der Waals surface area (Å²) in [5.74, 6) is -0.546. The molecule has 1 heterocycles. The molecule has 4 nitrogen and oxygen atoms in total. The zero-order valence-corrected chi connectivity index (χ0v) is 11.1. The average Bonchev–Trinajstić information content (AvgIpc) is 2.23. The van der Waals surface area contributed by atoms with Gasteiger partial charge in [-0.25, -0.2) is 4.98 Å². The van der Waals surface area contributed by atoms with Crippen molar-refractivity contribution in [3.05, 3.63) is 27.0 Å². The van der Waals surface area contributed by atoms with Crippen molar-refractivity contribution in [1.82, 2.24) is 10.3 Å². The number of pyridine rings is 1. The Labute approximate surface area is 111 Å². The van der Waals surface area contributed by atoms with Gasteiger partial charge in [-0.15, -0.1) is 0 Å². The van der Waals surface area contributed by atoms with Crippen molar-refractivity contribution >= 4 is 57.6 Å². The molecule has 1 aromatic heterocycles. The maximum atomic E-state index is 11.6. The topological polar surface area (TPSA) is 65.8 Å². The molecule has 0 aromatic carbocycles. The number of halogens is 3. The van der Waals surface area contributed by atoms with Crippen molar-refractivity contribution in [3.8, 4) is 0 Å². The summed E-state index contributed by atoms with van der Waals surface area (Å²) in [5, 5.41) is 9.72. The number of nitrogens with one attached hydrogen (secondary N) is 2. The number of carbonyl (C=O) groups is 1. The van der Waals surface area contributed by atoms with Crippen LogP contribution in [0.4, 0.5) is 0 Å². The average molecular weight is 299 g/mol. The number of rotatable bonds is 1. The molecule has 1 rings (SSSR count). The predicted molar refractivity (Wildman–Crippen MR) is 68.0 cm³/mol. The lowest BCUT2D eigenvalue weighted by molar-refractivity contribution is 0.0977. The third-order valence-corrected chi connectivity index (χ3v) is 3.03. The van der Waals surface area contributed by atoms with E-state index in [0.29, 0.717) is 0 Å². The monoisotopic (exact) mass is 297 g/mol. The standard InChI is InChI=1S/C8H6Cl3N3OS/c1-16-8(12)14-7(15)3-2-4(9)6(11)13-5(3)10/h2H,1H3,(H2,12,14,15). The summed E-state index contributed by atoms with van der Waals surface area (Å²) in [4.78, 5) is 15.3. The molecule has 0 atom stereocenters. The smallest absolute Gasteiger partial charge is 0.260 e. The molecule has 86 valence electrons.